The molecule has 0 radical (unpaired) electrons. The minimum atomic E-state index is -0.974. The SMILES string of the molecule is CN1CCC(Nc2c(F)c(N)c3c(c2F)N2C(CCC2(C)C)C(C#N)C3=O)CC1. The lowest BCUT2D eigenvalue weighted by Crippen LogP contribution is -2.52. The maximum atomic E-state index is 15.8. The molecule has 0 saturated carbocycles. The van der Waals surface area contributed by atoms with Crippen molar-refractivity contribution in [3.8, 4) is 6.07 Å². The molecule has 1 aromatic rings. The summed E-state index contributed by atoms with van der Waals surface area (Å²) in [7, 11) is 2.01. The van der Waals surface area contributed by atoms with E-state index in [0.29, 0.717) is 12.8 Å². The average molecular weight is 403 g/mol. The smallest absolute Gasteiger partial charge is 0.186 e. The number of hydrogen-bond donors (Lipinski definition) is 2. The Hall–Kier alpha value is -2.40. The second-order valence-electron chi connectivity index (χ2n) is 9.12. The number of carbonyl (C=O) groups excluding carboxylic acids is 1. The summed E-state index contributed by atoms with van der Waals surface area (Å²) in [4.78, 5) is 16.9. The van der Waals surface area contributed by atoms with E-state index in [0.717, 1.165) is 25.9 Å². The van der Waals surface area contributed by atoms with Crippen molar-refractivity contribution in [2.45, 2.75) is 57.2 Å². The predicted octanol–water partition coefficient (Wildman–Crippen LogP) is 3.14. The quantitative estimate of drug-likeness (QED) is 0.738. The van der Waals surface area contributed by atoms with Crippen LogP contribution in [0.5, 0.6) is 0 Å². The van der Waals surface area contributed by atoms with Gasteiger partial charge in [-0.25, -0.2) is 8.78 Å². The summed E-state index contributed by atoms with van der Waals surface area (Å²) in [5.74, 6) is -3.28. The van der Waals surface area contributed by atoms with Gasteiger partial charge in [0.15, 0.2) is 17.4 Å². The number of nitrogens with one attached hydrogen (secondary N) is 1. The highest BCUT2D eigenvalue weighted by molar-refractivity contribution is 6.12. The van der Waals surface area contributed by atoms with Gasteiger partial charge in [0.25, 0.3) is 0 Å². The molecule has 0 bridgehead atoms. The predicted molar refractivity (Wildman–Crippen MR) is 108 cm³/mol. The third-order valence-electron chi connectivity index (χ3n) is 6.79. The van der Waals surface area contributed by atoms with Crippen molar-refractivity contribution < 1.29 is 13.6 Å². The van der Waals surface area contributed by atoms with E-state index >= 15 is 8.78 Å². The molecule has 4 rings (SSSR count). The van der Waals surface area contributed by atoms with Crippen LogP contribution in [0.2, 0.25) is 0 Å². The Morgan fingerprint density at radius 1 is 1.21 bits per heavy atom. The van der Waals surface area contributed by atoms with Crippen LogP contribution < -0.4 is 16.0 Å². The molecule has 3 aliphatic heterocycles. The highest BCUT2D eigenvalue weighted by Gasteiger charge is 2.52. The van der Waals surface area contributed by atoms with Crippen molar-refractivity contribution in [3.63, 3.8) is 0 Å². The zero-order chi connectivity index (χ0) is 21.1. The van der Waals surface area contributed by atoms with Gasteiger partial charge in [-0.2, -0.15) is 5.26 Å². The van der Waals surface area contributed by atoms with Crippen LogP contribution in [0.3, 0.4) is 0 Å². The number of nitrogens with two attached hydrogens (primary N) is 1. The molecule has 6 nitrogen and oxygen atoms in total. The number of piperidine rings is 1. The molecule has 8 heteroatoms. The van der Waals surface area contributed by atoms with Gasteiger partial charge in [-0.15, -0.1) is 0 Å². The van der Waals surface area contributed by atoms with Crippen LogP contribution in [-0.2, 0) is 0 Å². The molecule has 2 saturated heterocycles. The first kappa shape index (κ1) is 19.9. The molecule has 2 atom stereocenters. The highest BCUT2D eigenvalue weighted by atomic mass is 19.1. The minimum absolute atomic E-state index is 0.0447. The normalized spacial score (nSPS) is 26.8. The Morgan fingerprint density at radius 2 is 1.86 bits per heavy atom. The van der Waals surface area contributed by atoms with Crippen LogP contribution >= 0.6 is 0 Å². The lowest BCUT2D eigenvalue weighted by molar-refractivity contribution is 0.0925. The van der Waals surface area contributed by atoms with E-state index in [9.17, 15) is 10.1 Å². The topological polar surface area (TPSA) is 85.4 Å². The van der Waals surface area contributed by atoms with Crippen LogP contribution in [0.15, 0.2) is 0 Å². The van der Waals surface area contributed by atoms with Gasteiger partial charge < -0.3 is 20.9 Å². The number of nitrogen functional groups attached to an aromatic ring is 1. The maximum Gasteiger partial charge on any atom is 0.186 e. The van der Waals surface area contributed by atoms with E-state index in [-0.39, 0.29) is 28.7 Å². The maximum absolute atomic E-state index is 15.8. The first-order chi connectivity index (χ1) is 13.7. The molecule has 156 valence electrons. The second-order valence-corrected chi connectivity index (χ2v) is 9.12. The van der Waals surface area contributed by atoms with Gasteiger partial charge in [0, 0.05) is 11.6 Å². The number of Topliss-reactive ketones (excluding diaryl/α,β-unsaturated/α-hetero) is 1. The Morgan fingerprint density at radius 3 is 2.48 bits per heavy atom. The van der Waals surface area contributed by atoms with E-state index < -0.39 is 34.9 Å². The summed E-state index contributed by atoms with van der Waals surface area (Å²) in [6.45, 7) is 5.57. The number of ketones is 1. The molecule has 0 spiro atoms. The van der Waals surface area contributed by atoms with Crippen LogP contribution in [0.4, 0.5) is 25.8 Å². The Kier molecular flexibility index (Phi) is 4.69. The van der Waals surface area contributed by atoms with E-state index in [4.69, 9.17) is 5.73 Å². The Balaban J connectivity index is 1.85. The van der Waals surface area contributed by atoms with Crippen LogP contribution in [0.25, 0.3) is 0 Å². The zero-order valence-electron chi connectivity index (χ0n) is 17.1. The molecule has 0 aromatic heterocycles. The third-order valence-corrected chi connectivity index (χ3v) is 6.79. The highest BCUT2D eigenvalue weighted by Crippen LogP contribution is 2.51. The average Bonchev–Trinajstić information content (AvgIpc) is 2.99. The standard InChI is InChI=1S/C21H27F2N5O/c1-21(2)7-4-13-12(10-24)20(29)14-17(25)15(22)18(16(23)19(14)28(13)21)26-11-5-8-27(3)9-6-11/h11-13,26H,4-9,25H2,1-3H3. The third kappa shape index (κ3) is 2.94. The van der Waals surface area contributed by atoms with Gasteiger partial charge in [0.2, 0.25) is 0 Å². The molecule has 3 heterocycles. The fourth-order valence-corrected chi connectivity index (χ4v) is 5.11. The van der Waals surface area contributed by atoms with E-state index in [1.165, 1.54) is 0 Å². The number of anilines is 3. The van der Waals surface area contributed by atoms with E-state index in [1.54, 1.807) is 4.90 Å². The van der Waals surface area contributed by atoms with Crippen molar-refractivity contribution in [2.75, 3.05) is 36.1 Å². The number of hydrogen-bond acceptors (Lipinski definition) is 6. The zero-order valence-corrected chi connectivity index (χ0v) is 17.1. The van der Waals surface area contributed by atoms with Crippen molar-refractivity contribution in [1.82, 2.24) is 4.90 Å². The largest absolute Gasteiger partial charge is 0.396 e. The number of nitriles is 1. The van der Waals surface area contributed by atoms with Gasteiger partial charge in [-0.1, -0.05) is 0 Å². The second kappa shape index (κ2) is 6.84. The van der Waals surface area contributed by atoms with Crippen LogP contribution in [0.1, 0.15) is 49.9 Å². The first-order valence-corrected chi connectivity index (χ1v) is 10.2. The van der Waals surface area contributed by atoms with Crippen LogP contribution in [-0.4, -0.2) is 48.4 Å². The lowest BCUT2D eigenvalue weighted by Gasteiger charge is -2.44. The summed E-state index contributed by atoms with van der Waals surface area (Å²) in [6, 6.07) is 1.55. The molecule has 29 heavy (non-hydrogen) atoms. The van der Waals surface area contributed by atoms with Gasteiger partial charge in [-0.05, 0) is 59.7 Å². The van der Waals surface area contributed by atoms with E-state index in [1.807, 2.05) is 27.0 Å². The molecule has 1 aromatic carbocycles. The Bertz CT molecular complexity index is 902. The number of nitrogens with zero attached hydrogens (tertiary/aromatic N) is 3. The first-order valence-electron chi connectivity index (χ1n) is 10.2. The molecule has 0 aliphatic carbocycles. The van der Waals surface area contributed by atoms with Crippen LogP contribution in [0, 0.1) is 28.9 Å². The number of carbonyl (C=O) groups is 1. The minimum Gasteiger partial charge on any atom is -0.396 e. The molecule has 2 unspecified atom stereocenters. The van der Waals surface area contributed by atoms with Gasteiger partial charge in [-0.3, -0.25) is 4.79 Å². The molecule has 0 amide bonds. The summed E-state index contributed by atoms with van der Waals surface area (Å²) in [5.41, 5.74) is 4.79. The molecular formula is C21H27F2N5O. The fraction of sp³-hybridized carbons (Fsp3) is 0.619. The number of rotatable bonds is 2. The lowest BCUT2D eigenvalue weighted by atomic mass is 9.83. The summed E-state index contributed by atoms with van der Waals surface area (Å²) >= 11 is 0. The number of benzene rings is 1. The van der Waals surface area contributed by atoms with Gasteiger partial charge in [0.1, 0.15) is 11.6 Å². The van der Waals surface area contributed by atoms with Crippen molar-refractivity contribution >= 4 is 22.8 Å². The molecule has 3 aliphatic rings. The van der Waals surface area contributed by atoms with Gasteiger partial charge in [0.05, 0.1) is 29.0 Å². The van der Waals surface area contributed by atoms with Crippen molar-refractivity contribution in [3.05, 3.63) is 17.2 Å². The Labute approximate surface area is 169 Å². The summed E-state index contributed by atoms with van der Waals surface area (Å²) in [6.07, 6.45) is 2.83. The molecule has 3 N–H and O–H groups in total. The number of fused-ring (bicyclic) bond motifs is 3. The van der Waals surface area contributed by atoms with Crippen molar-refractivity contribution in [1.29, 1.82) is 5.26 Å². The van der Waals surface area contributed by atoms with E-state index in [2.05, 4.69) is 10.2 Å². The number of likely N-dealkylation sites (tertiary alicyclic amines) is 1. The molecular weight excluding hydrogens is 376 g/mol. The number of halogens is 2. The van der Waals surface area contributed by atoms with Crippen molar-refractivity contribution in [2.24, 2.45) is 5.92 Å². The monoisotopic (exact) mass is 403 g/mol. The summed E-state index contributed by atoms with van der Waals surface area (Å²) < 4.78 is 30.9. The fourth-order valence-electron chi connectivity index (χ4n) is 5.11. The van der Waals surface area contributed by atoms with Gasteiger partial charge >= 0.3 is 0 Å². The summed E-state index contributed by atoms with van der Waals surface area (Å²) in [5, 5.41) is 12.6. The molecule has 2 fully saturated rings.